The number of ether oxygens (including phenoxy) is 2. The number of fused-ring (bicyclic) bond motifs is 1. The van der Waals surface area contributed by atoms with E-state index in [-0.39, 0.29) is 11.7 Å². The van der Waals surface area contributed by atoms with Crippen LogP contribution in [0.5, 0.6) is 5.88 Å². The Balaban J connectivity index is 1.25. The molecule has 198 valence electrons. The van der Waals surface area contributed by atoms with Gasteiger partial charge in [0, 0.05) is 55.2 Å². The summed E-state index contributed by atoms with van der Waals surface area (Å²) >= 11 is 1.60. The maximum absolute atomic E-state index is 11.5. The van der Waals surface area contributed by atoms with Gasteiger partial charge in [-0.15, -0.1) is 11.3 Å². The molecule has 1 fully saturated rings. The molecule has 1 unspecified atom stereocenters. The molecule has 0 spiro atoms. The highest BCUT2D eigenvalue weighted by Crippen LogP contribution is 2.29. The summed E-state index contributed by atoms with van der Waals surface area (Å²) < 4.78 is 12.4. The summed E-state index contributed by atoms with van der Waals surface area (Å²) in [4.78, 5) is 38.7. The van der Waals surface area contributed by atoms with E-state index in [0.29, 0.717) is 57.2 Å². The quantitative estimate of drug-likeness (QED) is 0.209. The molecule has 0 bridgehead atoms. The van der Waals surface area contributed by atoms with Gasteiger partial charge in [0.15, 0.2) is 0 Å². The fourth-order valence-corrected chi connectivity index (χ4v) is 5.00. The van der Waals surface area contributed by atoms with Gasteiger partial charge in [-0.05, 0) is 12.1 Å². The Kier molecular flexibility index (Phi) is 7.83. The number of nitrogens with two attached hydrogens (primary N) is 1. The minimum absolute atomic E-state index is 0.152. The highest BCUT2D eigenvalue weighted by Gasteiger charge is 2.24. The zero-order chi connectivity index (χ0) is 26.5. The molecule has 5 heterocycles. The smallest absolute Gasteiger partial charge is 0.277 e. The van der Waals surface area contributed by atoms with Gasteiger partial charge < -0.3 is 25.0 Å². The molecule has 1 atom stereocenters. The Morgan fingerprint density at radius 1 is 1.26 bits per heavy atom. The molecule has 0 aromatic carbocycles. The Morgan fingerprint density at radius 2 is 2.11 bits per heavy atom. The lowest BCUT2D eigenvalue weighted by Crippen LogP contribution is -2.39. The van der Waals surface area contributed by atoms with E-state index in [4.69, 9.17) is 25.4 Å². The van der Waals surface area contributed by atoms with Crippen LogP contribution < -0.4 is 25.8 Å². The first-order valence-electron chi connectivity index (χ1n) is 11.9. The lowest BCUT2D eigenvalue weighted by atomic mass is 10.1. The lowest BCUT2D eigenvalue weighted by Gasteiger charge is -2.33. The van der Waals surface area contributed by atoms with Crippen molar-refractivity contribution >= 4 is 39.4 Å². The number of nitrogens with one attached hydrogen (secondary N) is 1. The predicted molar refractivity (Wildman–Crippen MR) is 140 cm³/mol. The Morgan fingerprint density at radius 3 is 2.84 bits per heavy atom. The third kappa shape index (κ3) is 5.78. The zero-order valence-electron chi connectivity index (χ0n) is 20.6. The van der Waals surface area contributed by atoms with Crippen LogP contribution in [-0.4, -0.2) is 75.9 Å². The fourth-order valence-electron chi connectivity index (χ4n) is 3.98. The van der Waals surface area contributed by atoms with Crippen LogP contribution in [0, 0.1) is 0 Å². The summed E-state index contributed by atoms with van der Waals surface area (Å²) in [6.07, 6.45) is 6.19. The number of carbonyl (C=O) groups excluding carboxylic acids is 1. The molecule has 5 rings (SSSR count). The molecular weight excluding hydrogens is 510 g/mol. The highest BCUT2D eigenvalue weighted by atomic mass is 32.1. The van der Waals surface area contributed by atoms with Crippen LogP contribution in [0.2, 0.25) is 0 Å². The molecule has 1 aliphatic rings. The normalized spacial score (nSPS) is 15.4. The molecule has 13 nitrogen and oxygen atoms in total. The topological polar surface area (TPSA) is 165 Å². The SMILES string of the molecule is CN(Cc1cc2nc(N3CCOC(c4ccc(OCCN)nc4)C3)ncc2s1)c1ncc(C(=O)NO)cn1. The third-order valence-electron chi connectivity index (χ3n) is 5.89. The van der Waals surface area contributed by atoms with Gasteiger partial charge in [-0.25, -0.2) is 30.4 Å². The van der Waals surface area contributed by atoms with Crippen molar-refractivity contribution in [2.75, 3.05) is 49.7 Å². The van der Waals surface area contributed by atoms with Crippen molar-refractivity contribution in [2.45, 2.75) is 12.6 Å². The second-order valence-electron chi connectivity index (χ2n) is 8.57. The number of hydroxylamine groups is 1. The number of thiophene rings is 1. The van der Waals surface area contributed by atoms with Crippen molar-refractivity contribution in [2.24, 2.45) is 5.73 Å². The fraction of sp³-hybridized carbons (Fsp3) is 0.333. The van der Waals surface area contributed by atoms with Crippen LogP contribution in [0.25, 0.3) is 10.2 Å². The average molecular weight is 538 g/mol. The van der Waals surface area contributed by atoms with Crippen molar-refractivity contribution < 1.29 is 19.5 Å². The number of amides is 1. The molecule has 1 amide bonds. The zero-order valence-corrected chi connectivity index (χ0v) is 21.5. The first-order valence-corrected chi connectivity index (χ1v) is 12.7. The van der Waals surface area contributed by atoms with Crippen molar-refractivity contribution in [1.29, 1.82) is 0 Å². The first-order chi connectivity index (χ1) is 18.5. The molecule has 38 heavy (non-hydrogen) atoms. The Bertz CT molecular complexity index is 1380. The van der Waals surface area contributed by atoms with Crippen LogP contribution in [0.4, 0.5) is 11.9 Å². The molecule has 0 aliphatic carbocycles. The van der Waals surface area contributed by atoms with Gasteiger partial charge in [-0.1, -0.05) is 0 Å². The van der Waals surface area contributed by atoms with Crippen molar-refractivity contribution in [1.82, 2.24) is 30.4 Å². The van der Waals surface area contributed by atoms with E-state index in [1.165, 1.54) is 12.4 Å². The molecule has 14 heteroatoms. The summed E-state index contributed by atoms with van der Waals surface area (Å²) in [6, 6.07) is 5.82. The van der Waals surface area contributed by atoms with Gasteiger partial charge in [0.25, 0.3) is 5.91 Å². The largest absolute Gasteiger partial charge is 0.476 e. The van der Waals surface area contributed by atoms with Crippen molar-refractivity contribution in [3.05, 3.63) is 59.0 Å². The molecule has 4 N–H and O–H groups in total. The number of anilines is 2. The minimum atomic E-state index is -0.660. The number of rotatable bonds is 9. The molecule has 0 radical (unpaired) electrons. The standard InChI is InChI=1S/C24H27N9O4S/c1-32(23-27-10-16(11-28-23)22(34)31-35)13-17-8-18-20(38-17)12-29-24(30-18)33-5-7-36-19(14-33)15-2-3-21(26-9-15)37-6-4-25/h2-3,8-12,19,35H,4-7,13-14,25H2,1H3,(H,31,34). The van der Waals surface area contributed by atoms with Crippen LogP contribution >= 0.6 is 11.3 Å². The minimum Gasteiger partial charge on any atom is -0.476 e. The molecule has 4 aromatic heterocycles. The summed E-state index contributed by atoms with van der Waals surface area (Å²) in [5.41, 5.74) is 9.04. The number of morpholine rings is 1. The van der Waals surface area contributed by atoms with Crippen LogP contribution in [-0.2, 0) is 11.3 Å². The van der Waals surface area contributed by atoms with Gasteiger partial charge in [-0.3, -0.25) is 10.0 Å². The monoisotopic (exact) mass is 537 g/mol. The second kappa shape index (κ2) is 11.6. The maximum Gasteiger partial charge on any atom is 0.277 e. The van der Waals surface area contributed by atoms with Crippen molar-refractivity contribution in [3.63, 3.8) is 0 Å². The molecule has 4 aromatic rings. The number of hydrogen-bond acceptors (Lipinski definition) is 13. The van der Waals surface area contributed by atoms with Crippen LogP contribution in [0.15, 0.2) is 43.0 Å². The first kappa shape index (κ1) is 25.7. The van der Waals surface area contributed by atoms with Crippen LogP contribution in [0.3, 0.4) is 0 Å². The average Bonchev–Trinajstić information content (AvgIpc) is 3.37. The number of nitrogens with zero attached hydrogens (tertiary/aromatic N) is 7. The third-order valence-corrected chi connectivity index (χ3v) is 6.94. The van der Waals surface area contributed by atoms with Gasteiger partial charge in [-0.2, -0.15) is 0 Å². The number of aromatic nitrogens is 5. The summed E-state index contributed by atoms with van der Waals surface area (Å²) in [7, 11) is 1.86. The molecule has 1 aliphatic heterocycles. The highest BCUT2D eigenvalue weighted by molar-refractivity contribution is 7.19. The maximum atomic E-state index is 11.5. The number of hydrogen-bond donors (Lipinski definition) is 3. The van der Waals surface area contributed by atoms with E-state index in [1.807, 2.05) is 36.3 Å². The summed E-state index contributed by atoms with van der Waals surface area (Å²) in [5, 5.41) is 8.74. The lowest BCUT2D eigenvalue weighted by molar-refractivity contribution is 0.0390. The molecule has 0 saturated carbocycles. The van der Waals surface area contributed by atoms with Crippen LogP contribution in [0.1, 0.15) is 26.9 Å². The Hall–Kier alpha value is -3.98. The van der Waals surface area contributed by atoms with E-state index in [2.05, 4.69) is 24.8 Å². The predicted octanol–water partition coefficient (Wildman–Crippen LogP) is 1.55. The molecular formula is C24H27N9O4S. The van der Waals surface area contributed by atoms with E-state index < -0.39 is 5.91 Å². The summed E-state index contributed by atoms with van der Waals surface area (Å²) in [5.74, 6) is 0.987. The second-order valence-corrected chi connectivity index (χ2v) is 9.74. The van der Waals surface area contributed by atoms with Gasteiger partial charge >= 0.3 is 0 Å². The number of pyridine rings is 1. The number of carbonyl (C=O) groups is 1. The van der Waals surface area contributed by atoms with Gasteiger partial charge in [0.2, 0.25) is 17.8 Å². The van der Waals surface area contributed by atoms with E-state index >= 15 is 0 Å². The van der Waals surface area contributed by atoms with E-state index in [1.54, 1.807) is 23.0 Å². The Labute approximate surface area is 222 Å². The van der Waals surface area contributed by atoms with Crippen molar-refractivity contribution in [3.8, 4) is 5.88 Å². The summed E-state index contributed by atoms with van der Waals surface area (Å²) in [6.45, 7) is 3.26. The van der Waals surface area contributed by atoms with E-state index in [0.717, 1.165) is 20.7 Å². The van der Waals surface area contributed by atoms with E-state index in [9.17, 15) is 4.79 Å². The van der Waals surface area contributed by atoms with Gasteiger partial charge in [0.05, 0.1) is 41.7 Å². The molecule has 1 saturated heterocycles. The van der Waals surface area contributed by atoms with Gasteiger partial charge in [0.1, 0.15) is 12.7 Å².